The summed E-state index contributed by atoms with van der Waals surface area (Å²) in [5, 5.41) is 13.5. The predicted octanol–water partition coefficient (Wildman–Crippen LogP) is 7.64. The van der Waals surface area contributed by atoms with Gasteiger partial charge in [0.2, 0.25) is 0 Å². The molecule has 0 amide bonds. The highest BCUT2D eigenvalue weighted by molar-refractivity contribution is 5.59. The van der Waals surface area contributed by atoms with Crippen LogP contribution in [-0.4, -0.2) is 11.2 Å². The third-order valence-corrected chi connectivity index (χ3v) is 5.41. The highest BCUT2D eigenvalue weighted by atomic mass is 16.3. The molecule has 2 aromatic carbocycles. The lowest BCUT2D eigenvalue weighted by molar-refractivity contribution is 0.147. The normalized spacial score (nSPS) is 12.1. The Bertz CT molecular complexity index is 608. The molecule has 0 aliphatic carbocycles. The Balaban J connectivity index is 1.50. The molecule has 0 heterocycles. The smallest absolute Gasteiger partial charge is 0.0540 e. The number of hydrogen-bond donors (Lipinski definition) is 2. The lowest BCUT2D eigenvalue weighted by Crippen LogP contribution is -2.05. The fourth-order valence-electron chi connectivity index (χ4n) is 3.63. The van der Waals surface area contributed by atoms with Crippen molar-refractivity contribution in [2.24, 2.45) is 0 Å². The third-order valence-electron chi connectivity index (χ3n) is 5.41. The number of aliphatic hydroxyl groups is 1. The largest absolute Gasteiger partial charge is 0.393 e. The molecule has 0 saturated heterocycles. The maximum atomic E-state index is 10.1. The fourth-order valence-corrected chi connectivity index (χ4v) is 3.63. The number of para-hydroxylation sites is 1. The molecule has 0 fully saturated rings. The summed E-state index contributed by atoms with van der Waals surface area (Å²) in [5.41, 5.74) is 3.67. The topological polar surface area (TPSA) is 32.3 Å². The van der Waals surface area contributed by atoms with Crippen molar-refractivity contribution in [3.05, 3.63) is 60.2 Å². The second-order valence-electron chi connectivity index (χ2n) is 8.00. The van der Waals surface area contributed by atoms with Crippen molar-refractivity contribution in [2.45, 2.75) is 90.1 Å². The van der Waals surface area contributed by atoms with Gasteiger partial charge in [-0.15, -0.1) is 0 Å². The summed E-state index contributed by atoms with van der Waals surface area (Å²) in [6, 6.07) is 19.1. The predicted molar refractivity (Wildman–Crippen MR) is 122 cm³/mol. The van der Waals surface area contributed by atoms with Gasteiger partial charge in [-0.3, -0.25) is 0 Å². The van der Waals surface area contributed by atoms with Gasteiger partial charge in [0.25, 0.3) is 0 Å². The van der Waals surface area contributed by atoms with E-state index in [0.29, 0.717) is 0 Å². The quantitative estimate of drug-likeness (QED) is 0.311. The summed E-state index contributed by atoms with van der Waals surface area (Å²) < 4.78 is 0. The molecule has 1 atom stereocenters. The Kier molecular flexibility index (Phi) is 11.4. The van der Waals surface area contributed by atoms with Crippen LogP contribution in [-0.2, 0) is 6.42 Å². The summed E-state index contributed by atoms with van der Waals surface area (Å²) in [4.78, 5) is 0. The molecular formula is C26H39NO. The molecule has 0 saturated carbocycles. The Hall–Kier alpha value is -1.80. The van der Waals surface area contributed by atoms with Crippen molar-refractivity contribution >= 4 is 11.4 Å². The molecule has 0 aliphatic heterocycles. The molecule has 0 aromatic heterocycles. The zero-order valence-electron chi connectivity index (χ0n) is 17.7. The second-order valence-corrected chi connectivity index (χ2v) is 8.00. The molecule has 0 bridgehead atoms. The van der Waals surface area contributed by atoms with Crippen molar-refractivity contribution in [1.82, 2.24) is 0 Å². The van der Waals surface area contributed by atoms with E-state index in [2.05, 4.69) is 48.6 Å². The Morgan fingerprint density at radius 3 is 1.89 bits per heavy atom. The van der Waals surface area contributed by atoms with E-state index in [4.69, 9.17) is 0 Å². The number of hydrogen-bond acceptors (Lipinski definition) is 2. The van der Waals surface area contributed by atoms with Crippen LogP contribution in [0.3, 0.4) is 0 Å². The van der Waals surface area contributed by atoms with Crippen LogP contribution >= 0.6 is 0 Å². The van der Waals surface area contributed by atoms with E-state index in [1.54, 1.807) is 0 Å². The van der Waals surface area contributed by atoms with Crippen molar-refractivity contribution in [1.29, 1.82) is 0 Å². The van der Waals surface area contributed by atoms with E-state index in [0.717, 1.165) is 37.1 Å². The molecule has 0 spiro atoms. The summed E-state index contributed by atoms with van der Waals surface area (Å²) in [6.07, 6.45) is 14.4. The van der Waals surface area contributed by atoms with E-state index >= 15 is 0 Å². The molecular weight excluding hydrogens is 342 g/mol. The van der Waals surface area contributed by atoms with Gasteiger partial charge < -0.3 is 10.4 Å². The maximum absolute atomic E-state index is 10.1. The van der Waals surface area contributed by atoms with E-state index in [1.807, 2.05) is 18.2 Å². The minimum absolute atomic E-state index is 0.0775. The molecule has 2 rings (SSSR count). The monoisotopic (exact) mass is 381 g/mol. The number of benzene rings is 2. The van der Waals surface area contributed by atoms with Crippen LogP contribution < -0.4 is 5.32 Å². The first kappa shape index (κ1) is 22.5. The Labute approximate surface area is 172 Å². The lowest BCUT2D eigenvalue weighted by Gasteiger charge is -2.10. The zero-order chi connectivity index (χ0) is 19.9. The second kappa shape index (κ2) is 14.2. The fraction of sp³-hybridized carbons (Fsp3) is 0.538. The highest BCUT2D eigenvalue weighted by Crippen LogP contribution is 2.18. The van der Waals surface area contributed by atoms with Gasteiger partial charge in [0.05, 0.1) is 6.10 Å². The molecule has 2 heteroatoms. The molecule has 2 N–H and O–H groups in total. The minimum atomic E-state index is -0.0775. The van der Waals surface area contributed by atoms with Gasteiger partial charge in [0.1, 0.15) is 0 Å². The van der Waals surface area contributed by atoms with Crippen molar-refractivity contribution in [3.63, 3.8) is 0 Å². The summed E-state index contributed by atoms with van der Waals surface area (Å²) >= 11 is 0. The first-order chi connectivity index (χ1) is 13.8. The van der Waals surface area contributed by atoms with E-state index < -0.39 is 0 Å². The van der Waals surface area contributed by atoms with Crippen LogP contribution in [0.1, 0.15) is 83.1 Å². The van der Waals surface area contributed by atoms with E-state index in [1.165, 1.54) is 56.9 Å². The minimum Gasteiger partial charge on any atom is -0.393 e. The maximum Gasteiger partial charge on any atom is 0.0540 e. The Morgan fingerprint density at radius 1 is 0.679 bits per heavy atom. The molecule has 0 radical (unpaired) electrons. The number of unbranched alkanes of at least 4 members (excludes halogenated alkanes) is 7. The molecule has 28 heavy (non-hydrogen) atoms. The summed E-state index contributed by atoms with van der Waals surface area (Å²) in [7, 11) is 0. The van der Waals surface area contributed by atoms with Gasteiger partial charge >= 0.3 is 0 Å². The number of aliphatic hydroxyl groups excluding tert-OH is 1. The van der Waals surface area contributed by atoms with E-state index in [9.17, 15) is 5.11 Å². The average Bonchev–Trinajstić information content (AvgIpc) is 2.72. The van der Waals surface area contributed by atoms with E-state index in [-0.39, 0.29) is 6.10 Å². The van der Waals surface area contributed by atoms with Crippen LogP contribution in [0, 0.1) is 0 Å². The van der Waals surface area contributed by atoms with Gasteiger partial charge in [0, 0.05) is 11.4 Å². The molecule has 2 aromatic rings. The van der Waals surface area contributed by atoms with Crippen molar-refractivity contribution < 1.29 is 5.11 Å². The lowest BCUT2D eigenvalue weighted by atomic mass is 10.0. The molecule has 0 aliphatic rings. The van der Waals surface area contributed by atoms with Crippen LogP contribution in [0.2, 0.25) is 0 Å². The van der Waals surface area contributed by atoms with Gasteiger partial charge in [-0.1, -0.05) is 88.6 Å². The summed E-state index contributed by atoms with van der Waals surface area (Å²) in [6.45, 7) is 2.24. The van der Waals surface area contributed by atoms with Crippen LogP contribution in [0.15, 0.2) is 54.6 Å². The van der Waals surface area contributed by atoms with Crippen molar-refractivity contribution in [3.8, 4) is 0 Å². The van der Waals surface area contributed by atoms with Gasteiger partial charge in [0.15, 0.2) is 0 Å². The van der Waals surface area contributed by atoms with Crippen LogP contribution in [0.25, 0.3) is 0 Å². The molecule has 154 valence electrons. The number of anilines is 2. The Morgan fingerprint density at radius 2 is 1.25 bits per heavy atom. The molecule has 1 unspecified atom stereocenters. The van der Waals surface area contributed by atoms with Gasteiger partial charge in [-0.05, 0) is 55.5 Å². The standard InChI is InChI=1S/C26H39NO/c1-2-3-4-5-12-17-26(28)18-13-7-6-9-14-23-19-21-25(22-20-23)27-24-15-10-8-11-16-24/h8,10-11,15-16,19-22,26-28H,2-7,9,12-14,17-18H2,1H3. The van der Waals surface area contributed by atoms with Gasteiger partial charge in [-0.25, -0.2) is 0 Å². The van der Waals surface area contributed by atoms with Gasteiger partial charge in [-0.2, -0.15) is 0 Å². The highest BCUT2D eigenvalue weighted by Gasteiger charge is 2.04. The summed E-state index contributed by atoms with van der Waals surface area (Å²) in [5.74, 6) is 0. The van der Waals surface area contributed by atoms with Crippen LogP contribution in [0.5, 0.6) is 0 Å². The van der Waals surface area contributed by atoms with Crippen LogP contribution in [0.4, 0.5) is 11.4 Å². The third kappa shape index (κ3) is 9.94. The first-order valence-corrected chi connectivity index (χ1v) is 11.4. The number of rotatable bonds is 15. The first-order valence-electron chi connectivity index (χ1n) is 11.4. The number of nitrogens with one attached hydrogen (secondary N) is 1. The molecule has 2 nitrogen and oxygen atoms in total. The average molecular weight is 382 g/mol. The number of aryl methyl sites for hydroxylation is 1. The van der Waals surface area contributed by atoms with Crippen molar-refractivity contribution in [2.75, 3.05) is 5.32 Å². The zero-order valence-corrected chi connectivity index (χ0v) is 17.7. The SMILES string of the molecule is CCCCCCCC(O)CCCCCCc1ccc(Nc2ccccc2)cc1.